The number of nitrogens with two attached hydrogens (primary N) is 1. The number of nitrogens with one attached hydrogen (secondary N) is 2. The SMILES string of the molecule is N#C/C(=C/NCCc1ccc(F)cc1)C(=O)Nc1ccc(S(N)(=O)=O)cc1. The van der Waals surface area contributed by atoms with Crippen LogP contribution in [0.1, 0.15) is 5.56 Å². The zero-order chi connectivity index (χ0) is 19.9. The number of primary sulfonamides is 1. The maximum absolute atomic E-state index is 12.8. The number of nitrogens with zero attached hydrogens (tertiary/aromatic N) is 1. The Hall–Kier alpha value is -3.22. The molecule has 0 atom stereocenters. The summed E-state index contributed by atoms with van der Waals surface area (Å²) in [5.41, 5.74) is 1.08. The van der Waals surface area contributed by atoms with E-state index in [1.165, 1.54) is 42.6 Å². The van der Waals surface area contributed by atoms with E-state index in [-0.39, 0.29) is 16.3 Å². The molecule has 0 aliphatic heterocycles. The number of sulfonamides is 1. The third kappa shape index (κ3) is 6.22. The molecule has 4 N–H and O–H groups in total. The Bertz CT molecular complexity index is 979. The lowest BCUT2D eigenvalue weighted by Crippen LogP contribution is -2.18. The summed E-state index contributed by atoms with van der Waals surface area (Å²) in [6.45, 7) is 0.452. The smallest absolute Gasteiger partial charge is 0.267 e. The van der Waals surface area contributed by atoms with Gasteiger partial charge in [0.2, 0.25) is 10.0 Å². The zero-order valence-electron chi connectivity index (χ0n) is 14.1. The van der Waals surface area contributed by atoms with Crippen LogP contribution in [0.4, 0.5) is 10.1 Å². The lowest BCUT2D eigenvalue weighted by atomic mass is 10.1. The van der Waals surface area contributed by atoms with Gasteiger partial charge in [0.15, 0.2) is 0 Å². The summed E-state index contributed by atoms with van der Waals surface area (Å²) in [5.74, 6) is -0.956. The molecule has 0 bridgehead atoms. The van der Waals surface area contributed by atoms with Crippen molar-refractivity contribution in [3.8, 4) is 6.07 Å². The Morgan fingerprint density at radius 3 is 2.33 bits per heavy atom. The highest BCUT2D eigenvalue weighted by Gasteiger charge is 2.11. The number of rotatable bonds is 7. The second-order valence-electron chi connectivity index (χ2n) is 5.52. The molecule has 0 unspecified atom stereocenters. The van der Waals surface area contributed by atoms with Gasteiger partial charge in [0.25, 0.3) is 5.91 Å². The van der Waals surface area contributed by atoms with Gasteiger partial charge in [-0.2, -0.15) is 5.26 Å². The van der Waals surface area contributed by atoms with E-state index < -0.39 is 15.9 Å². The highest BCUT2D eigenvalue weighted by molar-refractivity contribution is 7.89. The normalized spacial score (nSPS) is 11.5. The third-order valence-corrected chi connectivity index (χ3v) is 4.45. The maximum atomic E-state index is 12.8. The van der Waals surface area contributed by atoms with Crippen molar-refractivity contribution in [2.24, 2.45) is 5.14 Å². The van der Waals surface area contributed by atoms with Crippen molar-refractivity contribution in [1.29, 1.82) is 5.26 Å². The Labute approximate surface area is 156 Å². The topological polar surface area (TPSA) is 125 Å². The Morgan fingerprint density at radius 2 is 1.78 bits per heavy atom. The first-order chi connectivity index (χ1) is 12.8. The first-order valence-corrected chi connectivity index (χ1v) is 9.36. The fourth-order valence-corrected chi connectivity index (χ4v) is 2.63. The molecule has 27 heavy (non-hydrogen) atoms. The number of hydrogen-bond donors (Lipinski definition) is 3. The van der Waals surface area contributed by atoms with Crippen molar-refractivity contribution < 1.29 is 17.6 Å². The quantitative estimate of drug-likeness (QED) is 0.378. The molecule has 0 spiro atoms. The number of carbonyl (C=O) groups is 1. The van der Waals surface area contributed by atoms with Crippen LogP contribution < -0.4 is 15.8 Å². The average Bonchev–Trinajstić information content (AvgIpc) is 2.63. The largest absolute Gasteiger partial charge is 0.389 e. The fourth-order valence-electron chi connectivity index (χ4n) is 2.12. The van der Waals surface area contributed by atoms with E-state index in [9.17, 15) is 17.6 Å². The summed E-state index contributed by atoms with van der Waals surface area (Å²) in [6, 6.07) is 13.1. The fraction of sp³-hybridized carbons (Fsp3) is 0.111. The van der Waals surface area contributed by atoms with Gasteiger partial charge in [0.05, 0.1) is 4.90 Å². The Balaban J connectivity index is 1.91. The van der Waals surface area contributed by atoms with Crippen molar-refractivity contribution in [1.82, 2.24) is 5.32 Å². The summed E-state index contributed by atoms with van der Waals surface area (Å²) >= 11 is 0. The Kier molecular flexibility index (Phi) is 6.65. The number of halogens is 1. The van der Waals surface area contributed by atoms with Gasteiger partial charge in [-0.05, 0) is 48.4 Å². The second kappa shape index (κ2) is 8.93. The molecule has 2 rings (SSSR count). The van der Waals surface area contributed by atoms with Crippen molar-refractivity contribution in [2.75, 3.05) is 11.9 Å². The van der Waals surface area contributed by atoms with Crippen LogP contribution in [0, 0.1) is 17.1 Å². The first-order valence-electron chi connectivity index (χ1n) is 7.82. The van der Waals surface area contributed by atoms with Gasteiger partial charge >= 0.3 is 0 Å². The molecule has 0 aromatic heterocycles. The van der Waals surface area contributed by atoms with Crippen molar-refractivity contribution in [3.05, 3.63) is 71.7 Å². The number of amides is 1. The summed E-state index contributed by atoms with van der Waals surface area (Å²) < 4.78 is 35.2. The molecule has 140 valence electrons. The standard InChI is InChI=1S/C18H17FN4O3S/c19-15-3-1-13(2-4-15)9-10-22-12-14(11-20)18(24)23-16-5-7-17(8-6-16)27(21,25)26/h1-8,12,22H,9-10H2,(H,23,24)(H2,21,25,26)/b14-12-. The monoisotopic (exact) mass is 388 g/mol. The van der Waals surface area contributed by atoms with Gasteiger partial charge in [-0.25, -0.2) is 17.9 Å². The van der Waals surface area contributed by atoms with E-state index in [1.807, 2.05) is 0 Å². The highest BCUT2D eigenvalue weighted by Crippen LogP contribution is 2.13. The number of nitriles is 1. The van der Waals surface area contributed by atoms with E-state index in [2.05, 4.69) is 10.6 Å². The summed E-state index contributed by atoms with van der Waals surface area (Å²) in [6.07, 6.45) is 1.88. The molecular formula is C18H17FN4O3S. The summed E-state index contributed by atoms with van der Waals surface area (Å²) in [7, 11) is -3.82. The van der Waals surface area contributed by atoms with E-state index in [0.29, 0.717) is 18.7 Å². The molecule has 9 heteroatoms. The van der Waals surface area contributed by atoms with Crippen LogP contribution in [0.5, 0.6) is 0 Å². The molecule has 0 aliphatic rings. The van der Waals surface area contributed by atoms with E-state index >= 15 is 0 Å². The summed E-state index contributed by atoms with van der Waals surface area (Å²) in [4.78, 5) is 12.0. The molecule has 0 aliphatic carbocycles. The molecule has 7 nitrogen and oxygen atoms in total. The predicted octanol–water partition coefficient (Wildman–Crippen LogP) is 1.65. The molecule has 0 radical (unpaired) electrons. The van der Waals surface area contributed by atoms with Gasteiger partial charge in [-0.3, -0.25) is 4.79 Å². The van der Waals surface area contributed by atoms with Crippen LogP contribution in [0.2, 0.25) is 0 Å². The van der Waals surface area contributed by atoms with Crippen LogP contribution in [-0.2, 0) is 21.2 Å². The number of carbonyl (C=O) groups excluding carboxylic acids is 1. The molecule has 1 amide bonds. The van der Waals surface area contributed by atoms with Gasteiger partial charge in [0.1, 0.15) is 17.5 Å². The van der Waals surface area contributed by atoms with Crippen LogP contribution in [0.25, 0.3) is 0 Å². The zero-order valence-corrected chi connectivity index (χ0v) is 15.0. The van der Waals surface area contributed by atoms with Crippen molar-refractivity contribution >= 4 is 21.6 Å². The summed E-state index contributed by atoms with van der Waals surface area (Å²) in [5, 5.41) is 19.5. The van der Waals surface area contributed by atoms with Gasteiger partial charge in [-0.15, -0.1) is 0 Å². The van der Waals surface area contributed by atoms with Gasteiger partial charge < -0.3 is 10.6 Å². The van der Waals surface area contributed by atoms with Crippen LogP contribution >= 0.6 is 0 Å². The van der Waals surface area contributed by atoms with Crippen LogP contribution in [0.3, 0.4) is 0 Å². The van der Waals surface area contributed by atoms with Crippen LogP contribution in [0.15, 0.2) is 65.2 Å². The first kappa shape index (κ1) is 20.1. The minimum absolute atomic E-state index is 0.0843. The Morgan fingerprint density at radius 1 is 1.15 bits per heavy atom. The minimum atomic E-state index is -3.82. The van der Waals surface area contributed by atoms with Crippen molar-refractivity contribution in [3.63, 3.8) is 0 Å². The third-order valence-electron chi connectivity index (χ3n) is 3.52. The lowest BCUT2D eigenvalue weighted by Gasteiger charge is -2.06. The second-order valence-corrected chi connectivity index (χ2v) is 7.09. The van der Waals surface area contributed by atoms with Crippen LogP contribution in [-0.4, -0.2) is 20.9 Å². The van der Waals surface area contributed by atoms with Crippen molar-refractivity contribution in [2.45, 2.75) is 11.3 Å². The molecule has 0 heterocycles. The average molecular weight is 388 g/mol. The van der Waals surface area contributed by atoms with Gasteiger partial charge in [-0.1, -0.05) is 12.1 Å². The van der Waals surface area contributed by atoms with E-state index in [0.717, 1.165) is 5.56 Å². The molecule has 0 saturated carbocycles. The molecule has 2 aromatic carbocycles. The number of benzene rings is 2. The number of anilines is 1. The lowest BCUT2D eigenvalue weighted by molar-refractivity contribution is -0.112. The number of hydrogen-bond acceptors (Lipinski definition) is 5. The molecule has 0 saturated heterocycles. The molecular weight excluding hydrogens is 371 g/mol. The molecule has 0 fully saturated rings. The minimum Gasteiger partial charge on any atom is -0.389 e. The highest BCUT2D eigenvalue weighted by atomic mass is 32.2. The van der Waals surface area contributed by atoms with Gasteiger partial charge in [0, 0.05) is 18.4 Å². The molecule has 2 aromatic rings. The predicted molar refractivity (Wildman–Crippen MR) is 98.2 cm³/mol. The van der Waals surface area contributed by atoms with E-state index in [4.69, 9.17) is 10.4 Å². The maximum Gasteiger partial charge on any atom is 0.267 e. The van der Waals surface area contributed by atoms with E-state index in [1.54, 1.807) is 18.2 Å².